The number of rotatable bonds is 4. The van der Waals surface area contributed by atoms with E-state index < -0.39 is 0 Å². The van der Waals surface area contributed by atoms with E-state index in [1.807, 2.05) is 0 Å². The Morgan fingerprint density at radius 1 is 1.07 bits per heavy atom. The van der Waals surface area contributed by atoms with Crippen molar-refractivity contribution in [2.24, 2.45) is 46.2 Å². The minimum atomic E-state index is 0.436. The van der Waals surface area contributed by atoms with Crippen molar-refractivity contribution < 1.29 is 0 Å². The molecule has 4 saturated carbocycles. The maximum Gasteiger partial charge on any atom is 0.00419 e. The lowest BCUT2D eigenvalue weighted by Crippen LogP contribution is -2.55. The molecule has 1 nitrogen and oxygen atoms in total. The Bertz CT molecular complexity index is 605. The zero-order chi connectivity index (χ0) is 19.4. The molecule has 0 amide bonds. The van der Waals surface area contributed by atoms with Gasteiger partial charge in [0.15, 0.2) is 0 Å². The van der Waals surface area contributed by atoms with Gasteiger partial charge in [0.25, 0.3) is 0 Å². The van der Waals surface area contributed by atoms with Crippen molar-refractivity contribution in [3.63, 3.8) is 0 Å². The highest BCUT2D eigenvalue weighted by Crippen LogP contribution is 2.68. The summed E-state index contributed by atoms with van der Waals surface area (Å²) in [6, 6.07) is 0.436. The molecule has 0 aromatic heterocycles. The number of allylic oxidation sites excluding steroid dienone is 2. The Labute approximate surface area is 168 Å². The summed E-state index contributed by atoms with van der Waals surface area (Å²) in [7, 11) is 0. The fraction of sp³-hybridized carbons (Fsp3) is 0.846. The highest BCUT2D eigenvalue weighted by Gasteiger charge is 2.60. The molecule has 27 heavy (non-hydrogen) atoms. The molecule has 0 radical (unpaired) electrons. The highest BCUT2D eigenvalue weighted by molar-refractivity contribution is 5.21. The average Bonchev–Trinajstić information content (AvgIpc) is 2.93. The van der Waals surface area contributed by atoms with Gasteiger partial charge in [-0.15, -0.1) is 6.58 Å². The third-order valence-electron chi connectivity index (χ3n) is 10.0. The van der Waals surface area contributed by atoms with E-state index in [9.17, 15) is 0 Å². The maximum absolute atomic E-state index is 6.37. The topological polar surface area (TPSA) is 26.0 Å². The smallest absolute Gasteiger partial charge is 0.00419 e. The van der Waals surface area contributed by atoms with Crippen molar-refractivity contribution in [1.29, 1.82) is 0 Å². The fourth-order valence-electron chi connectivity index (χ4n) is 8.39. The predicted octanol–water partition coefficient (Wildman–Crippen LogP) is 6.89. The molecule has 0 spiro atoms. The lowest BCUT2D eigenvalue weighted by atomic mass is 9.43. The lowest BCUT2D eigenvalue weighted by Gasteiger charge is -2.61. The van der Waals surface area contributed by atoms with Gasteiger partial charge in [-0.1, -0.05) is 31.6 Å². The molecular formula is C26H43N. The molecule has 0 saturated heterocycles. The van der Waals surface area contributed by atoms with E-state index in [0.717, 1.165) is 29.6 Å². The second-order valence-corrected chi connectivity index (χ2v) is 11.5. The molecule has 8 unspecified atom stereocenters. The van der Waals surface area contributed by atoms with Crippen LogP contribution in [0.1, 0.15) is 91.4 Å². The zero-order valence-electron chi connectivity index (χ0n) is 18.2. The SMILES string of the molecule is C=C(C)CCCC1CCC2C3C(=C)CC4CC(N)CCC4(C)C3CCC12C. The van der Waals surface area contributed by atoms with Crippen LogP contribution in [0.4, 0.5) is 0 Å². The van der Waals surface area contributed by atoms with Gasteiger partial charge in [-0.3, -0.25) is 0 Å². The number of fused-ring (bicyclic) bond motifs is 5. The second kappa shape index (κ2) is 7.05. The van der Waals surface area contributed by atoms with E-state index in [4.69, 9.17) is 12.3 Å². The van der Waals surface area contributed by atoms with E-state index in [-0.39, 0.29) is 0 Å². The fourth-order valence-corrected chi connectivity index (χ4v) is 8.39. The van der Waals surface area contributed by atoms with Crippen LogP contribution in [-0.2, 0) is 0 Å². The van der Waals surface area contributed by atoms with Gasteiger partial charge < -0.3 is 5.73 Å². The maximum atomic E-state index is 6.37. The van der Waals surface area contributed by atoms with Crippen molar-refractivity contribution in [2.45, 2.75) is 97.4 Å². The molecule has 152 valence electrons. The van der Waals surface area contributed by atoms with Gasteiger partial charge in [-0.2, -0.15) is 0 Å². The number of nitrogens with two attached hydrogens (primary N) is 1. The Balaban J connectivity index is 1.54. The van der Waals surface area contributed by atoms with Gasteiger partial charge in [0.2, 0.25) is 0 Å². The van der Waals surface area contributed by atoms with E-state index in [2.05, 4.69) is 27.4 Å². The third kappa shape index (κ3) is 3.17. The van der Waals surface area contributed by atoms with E-state index in [0.29, 0.717) is 16.9 Å². The van der Waals surface area contributed by atoms with Crippen LogP contribution < -0.4 is 5.73 Å². The molecule has 4 rings (SSSR count). The molecule has 0 aromatic rings. The molecule has 0 heterocycles. The summed E-state index contributed by atoms with van der Waals surface area (Å²) in [6.07, 6.45) is 14.9. The van der Waals surface area contributed by atoms with Crippen molar-refractivity contribution in [1.82, 2.24) is 0 Å². The molecule has 0 aliphatic heterocycles. The van der Waals surface area contributed by atoms with Crippen LogP contribution in [0.15, 0.2) is 24.3 Å². The lowest BCUT2D eigenvalue weighted by molar-refractivity contribution is -0.0882. The van der Waals surface area contributed by atoms with Crippen LogP contribution in [-0.4, -0.2) is 6.04 Å². The average molecular weight is 370 g/mol. The van der Waals surface area contributed by atoms with Gasteiger partial charge in [0, 0.05) is 6.04 Å². The first-order valence-electron chi connectivity index (χ1n) is 11.8. The summed E-state index contributed by atoms with van der Waals surface area (Å²) in [4.78, 5) is 0. The van der Waals surface area contributed by atoms with Gasteiger partial charge in [-0.25, -0.2) is 0 Å². The molecule has 0 aromatic carbocycles. The van der Waals surface area contributed by atoms with Gasteiger partial charge in [0.1, 0.15) is 0 Å². The van der Waals surface area contributed by atoms with Crippen LogP contribution in [0.2, 0.25) is 0 Å². The molecule has 2 N–H and O–H groups in total. The normalized spacial score (nSPS) is 49.3. The Morgan fingerprint density at radius 2 is 1.78 bits per heavy atom. The standard InChI is InChI=1S/C26H43N/c1-17(2)7-6-8-19-9-10-22-24-18(3)15-20-16-21(27)11-13-26(20,5)23(24)12-14-25(19,22)4/h19-24H,1,3,6-16,27H2,2,4-5H3. The van der Waals surface area contributed by atoms with Gasteiger partial charge in [-0.05, 0) is 118 Å². The van der Waals surface area contributed by atoms with Crippen LogP contribution in [0, 0.1) is 40.4 Å². The summed E-state index contributed by atoms with van der Waals surface area (Å²) in [5, 5.41) is 0. The summed E-state index contributed by atoms with van der Waals surface area (Å²) < 4.78 is 0. The van der Waals surface area contributed by atoms with Crippen LogP contribution >= 0.6 is 0 Å². The second-order valence-electron chi connectivity index (χ2n) is 11.5. The van der Waals surface area contributed by atoms with Gasteiger partial charge >= 0.3 is 0 Å². The summed E-state index contributed by atoms with van der Waals surface area (Å²) in [6.45, 7) is 16.3. The van der Waals surface area contributed by atoms with E-state index >= 15 is 0 Å². The van der Waals surface area contributed by atoms with Crippen LogP contribution in [0.3, 0.4) is 0 Å². The van der Waals surface area contributed by atoms with E-state index in [1.165, 1.54) is 76.2 Å². The quantitative estimate of drug-likeness (QED) is 0.537. The van der Waals surface area contributed by atoms with E-state index in [1.54, 1.807) is 5.57 Å². The van der Waals surface area contributed by atoms with Crippen molar-refractivity contribution in [2.75, 3.05) is 0 Å². The molecule has 4 aliphatic carbocycles. The molecular weight excluding hydrogens is 326 g/mol. The molecule has 8 atom stereocenters. The Hall–Kier alpha value is -0.560. The summed E-state index contributed by atoms with van der Waals surface area (Å²) >= 11 is 0. The first kappa shape index (κ1) is 19.7. The first-order valence-corrected chi connectivity index (χ1v) is 11.8. The monoisotopic (exact) mass is 369 g/mol. The van der Waals surface area contributed by atoms with Crippen molar-refractivity contribution >= 4 is 0 Å². The van der Waals surface area contributed by atoms with Gasteiger partial charge in [0.05, 0.1) is 0 Å². The van der Waals surface area contributed by atoms with Crippen molar-refractivity contribution in [3.8, 4) is 0 Å². The number of hydrogen-bond acceptors (Lipinski definition) is 1. The summed E-state index contributed by atoms with van der Waals surface area (Å²) in [5.74, 6) is 4.30. The molecule has 4 fully saturated rings. The van der Waals surface area contributed by atoms with Crippen molar-refractivity contribution in [3.05, 3.63) is 24.3 Å². The minimum absolute atomic E-state index is 0.436. The van der Waals surface area contributed by atoms with Crippen LogP contribution in [0.5, 0.6) is 0 Å². The zero-order valence-corrected chi connectivity index (χ0v) is 18.2. The summed E-state index contributed by atoms with van der Waals surface area (Å²) in [5.41, 5.74) is 10.4. The Morgan fingerprint density at radius 3 is 2.52 bits per heavy atom. The Kier molecular flexibility index (Phi) is 5.15. The highest BCUT2D eigenvalue weighted by atomic mass is 14.7. The largest absolute Gasteiger partial charge is 0.328 e. The minimum Gasteiger partial charge on any atom is -0.328 e. The molecule has 4 aliphatic rings. The predicted molar refractivity (Wildman–Crippen MR) is 116 cm³/mol. The van der Waals surface area contributed by atoms with Crippen LogP contribution in [0.25, 0.3) is 0 Å². The first-order chi connectivity index (χ1) is 12.8. The number of hydrogen-bond donors (Lipinski definition) is 1. The third-order valence-corrected chi connectivity index (χ3v) is 10.0. The molecule has 1 heteroatoms. The molecule has 0 bridgehead atoms.